The molecule has 1 saturated heterocycles. The van der Waals surface area contributed by atoms with E-state index in [1.165, 1.54) is 11.5 Å². The van der Waals surface area contributed by atoms with Gasteiger partial charge < -0.3 is 14.5 Å². The molecule has 1 fully saturated rings. The Morgan fingerprint density at radius 1 is 1.03 bits per heavy atom. The first kappa shape index (κ1) is 19.5. The maximum absolute atomic E-state index is 12.6. The highest BCUT2D eigenvalue weighted by atomic mass is 32.1. The van der Waals surface area contributed by atoms with E-state index in [2.05, 4.69) is 17.0 Å². The number of aryl methyl sites for hydroxylation is 1. The molecule has 1 aromatic heterocycles. The number of rotatable bonds is 6. The molecule has 0 radical (unpaired) electrons. The van der Waals surface area contributed by atoms with Crippen LogP contribution in [0.5, 0.6) is 5.75 Å². The smallest absolute Gasteiger partial charge is 0.268 e. The zero-order valence-corrected chi connectivity index (χ0v) is 17.4. The molecule has 0 unspecified atom stereocenters. The number of fused-ring (bicyclic) bond motifs is 1. The first-order valence-electron chi connectivity index (χ1n) is 9.91. The van der Waals surface area contributed by atoms with Crippen LogP contribution in [0.1, 0.15) is 12.8 Å². The Labute approximate surface area is 174 Å². The Kier molecular flexibility index (Phi) is 5.85. The topological polar surface area (TPSA) is 54.8 Å². The van der Waals surface area contributed by atoms with Crippen LogP contribution >= 0.6 is 11.5 Å². The molecule has 6 nitrogen and oxygen atoms in total. The van der Waals surface area contributed by atoms with Gasteiger partial charge in [0.2, 0.25) is 5.91 Å². The molecule has 1 aliphatic rings. The minimum absolute atomic E-state index is 0.0474. The van der Waals surface area contributed by atoms with Crippen molar-refractivity contribution in [3.8, 4) is 5.75 Å². The first-order chi connectivity index (χ1) is 14.2. The number of amides is 1. The van der Waals surface area contributed by atoms with Crippen LogP contribution in [0.3, 0.4) is 0 Å². The molecular weight excluding hydrogens is 386 g/mol. The van der Waals surface area contributed by atoms with Crippen molar-refractivity contribution < 1.29 is 9.53 Å². The Bertz CT molecular complexity index is 1030. The van der Waals surface area contributed by atoms with Gasteiger partial charge in [-0.15, -0.1) is 0 Å². The number of piperazine rings is 1. The Hall–Kier alpha value is -2.80. The van der Waals surface area contributed by atoms with Crippen LogP contribution in [-0.2, 0) is 11.3 Å². The van der Waals surface area contributed by atoms with Crippen LogP contribution in [0.4, 0.5) is 5.69 Å². The summed E-state index contributed by atoms with van der Waals surface area (Å²) in [6, 6.07) is 15.7. The minimum atomic E-state index is 0.0474. The SMILES string of the molecule is COc1ccc(N2CCN(C(=O)CCCn3sc4ccccc4c3=O)CC2)cc1. The van der Waals surface area contributed by atoms with E-state index in [9.17, 15) is 9.59 Å². The fourth-order valence-electron chi connectivity index (χ4n) is 3.70. The zero-order chi connectivity index (χ0) is 20.2. The van der Waals surface area contributed by atoms with Crippen molar-refractivity contribution in [2.75, 3.05) is 38.2 Å². The average molecular weight is 412 g/mol. The van der Waals surface area contributed by atoms with Gasteiger partial charge in [-0.3, -0.25) is 13.5 Å². The van der Waals surface area contributed by atoms with E-state index in [0.29, 0.717) is 19.4 Å². The summed E-state index contributed by atoms with van der Waals surface area (Å²) in [5, 5.41) is 0.762. The molecular formula is C22H25N3O3S. The van der Waals surface area contributed by atoms with Crippen molar-refractivity contribution in [2.45, 2.75) is 19.4 Å². The Morgan fingerprint density at radius 3 is 2.45 bits per heavy atom. The summed E-state index contributed by atoms with van der Waals surface area (Å²) in [5.41, 5.74) is 1.20. The predicted molar refractivity (Wildman–Crippen MR) is 117 cm³/mol. The number of carbonyl (C=O) groups excluding carboxylic acids is 1. The van der Waals surface area contributed by atoms with E-state index in [1.54, 1.807) is 11.1 Å². The molecule has 3 aromatic rings. The van der Waals surface area contributed by atoms with Crippen LogP contribution in [0, 0.1) is 0 Å². The Morgan fingerprint density at radius 2 is 1.76 bits per heavy atom. The molecule has 7 heteroatoms. The molecule has 1 aliphatic heterocycles. The van der Waals surface area contributed by atoms with Crippen LogP contribution in [0.25, 0.3) is 10.1 Å². The van der Waals surface area contributed by atoms with Crippen molar-refractivity contribution in [3.05, 3.63) is 58.9 Å². The summed E-state index contributed by atoms with van der Waals surface area (Å²) in [4.78, 5) is 29.2. The van der Waals surface area contributed by atoms with Gasteiger partial charge in [0.05, 0.1) is 17.2 Å². The third-order valence-electron chi connectivity index (χ3n) is 5.37. The third-order valence-corrected chi connectivity index (χ3v) is 6.50. The lowest BCUT2D eigenvalue weighted by molar-refractivity contribution is -0.131. The molecule has 152 valence electrons. The second-order valence-electron chi connectivity index (χ2n) is 7.16. The van der Waals surface area contributed by atoms with Crippen molar-refractivity contribution in [3.63, 3.8) is 0 Å². The molecule has 0 saturated carbocycles. The number of methoxy groups -OCH3 is 1. The molecule has 0 N–H and O–H groups in total. The number of anilines is 1. The molecule has 4 rings (SSSR count). The van der Waals surface area contributed by atoms with Gasteiger partial charge in [0.1, 0.15) is 5.75 Å². The molecule has 1 amide bonds. The molecule has 0 spiro atoms. The number of nitrogens with zero attached hydrogens (tertiary/aromatic N) is 3. The van der Waals surface area contributed by atoms with Crippen molar-refractivity contribution in [2.24, 2.45) is 0 Å². The number of ether oxygens (including phenoxy) is 1. The van der Waals surface area contributed by atoms with Gasteiger partial charge in [0, 0.05) is 44.8 Å². The molecule has 29 heavy (non-hydrogen) atoms. The summed E-state index contributed by atoms with van der Waals surface area (Å²) in [7, 11) is 1.66. The van der Waals surface area contributed by atoms with Crippen LogP contribution in [-0.4, -0.2) is 48.1 Å². The van der Waals surface area contributed by atoms with Gasteiger partial charge in [0.15, 0.2) is 0 Å². The summed E-state index contributed by atoms with van der Waals surface area (Å²) >= 11 is 1.48. The van der Waals surface area contributed by atoms with E-state index in [0.717, 1.165) is 47.7 Å². The highest BCUT2D eigenvalue weighted by Crippen LogP contribution is 2.21. The highest BCUT2D eigenvalue weighted by molar-refractivity contribution is 7.13. The lowest BCUT2D eigenvalue weighted by Gasteiger charge is -2.36. The summed E-state index contributed by atoms with van der Waals surface area (Å²) in [5.74, 6) is 1.02. The van der Waals surface area contributed by atoms with Gasteiger partial charge in [-0.05, 0) is 42.8 Å². The highest BCUT2D eigenvalue weighted by Gasteiger charge is 2.21. The summed E-state index contributed by atoms with van der Waals surface area (Å²) < 4.78 is 7.97. The quantitative estimate of drug-likeness (QED) is 0.625. The fraction of sp³-hybridized carbons (Fsp3) is 0.364. The lowest BCUT2D eigenvalue weighted by Crippen LogP contribution is -2.48. The fourth-order valence-corrected chi connectivity index (χ4v) is 4.74. The lowest BCUT2D eigenvalue weighted by atomic mass is 10.2. The van der Waals surface area contributed by atoms with Crippen LogP contribution in [0.15, 0.2) is 53.3 Å². The van der Waals surface area contributed by atoms with Gasteiger partial charge in [-0.25, -0.2) is 0 Å². The number of benzene rings is 2. The van der Waals surface area contributed by atoms with E-state index < -0.39 is 0 Å². The van der Waals surface area contributed by atoms with E-state index >= 15 is 0 Å². The minimum Gasteiger partial charge on any atom is -0.497 e. The standard InChI is InChI=1S/C22H25N3O3S/c1-28-18-10-8-17(9-11-18)23-13-15-24(16-14-23)21(26)7-4-12-25-22(27)19-5-2-3-6-20(19)29-25/h2-3,5-6,8-11H,4,7,12-16H2,1H3. The van der Waals surface area contributed by atoms with E-state index in [1.807, 2.05) is 41.3 Å². The largest absolute Gasteiger partial charge is 0.497 e. The zero-order valence-electron chi connectivity index (χ0n) is 16.5. The number of carbonyl (C=O) groups is 1. The number of aromatic nitrogens is 1. The molecule has 0 aliphatic carbocycles. The predicted octanol–water partition coefficient (Wildman–Crippen LogP) is 3.20. The van der Waals surface area contributed by atoms with Crippen molar-refractivity contribution in [1.29, 1.82) is 0 Å². The molecule has 2 aromatic carbocycles. The monoisotopic (exact) mass is 411 g/mol. The van der Waals surface area contributed by atoms with Crippen molar-refractivity contribution >= 4 is 33.2 Å². The van der Waals surface area contributed by atoms with E-state index in [4.69, 9.17) is 4.74 Å². The normalized spacial score (nSPS) is 14.4. The van der Waals surface area contributed by atoms with Gasteiger partial charge in [-0.2, -0.15) is 0 Å². The Balaban J connectivity index is 1.26. The second kappa shape index (κ2) is 8.69. The van der Waals surface area contributed by atoms with E-state index in [-0.39, 0.29) is 11.5 Å². The summed E-state index contributed by atoms with van der Waals surface area (Å²) in [6.45, 7) is 3.71. The second-order valence-corrected chi connectivity index (χ2v) is 8.23. The van der Waals surface area contributed by atoms with Gasteiger partial charge in [-0.1, -0.05) is 23.7 Å². The molecule has 0 bridgehead atoms. The van der Waals surface area contributed by atoms with Crippen LogP contribution in [0.2, 0.25) is 0 Å². The molecule has 2 heterocycles. The van der Waals surface area contributed by atoms with Crippen molar-refractivity contribution in [1.82, 2.24) is 8.86 Å². The first-order valence-corrected chi connectivity index (χ1v) is 10.7. The van der Waals surface area contributed by atoms with Gasteiger partial charge >= 0.3 is 0 Å². The number of hydrogen-bond acceptors (Lipinski definition) is 5. The average Bonchev–Trinajstić information content (AvgIpc) is 3.09. The maximum atomic E-state index is 12.6. The number of hydrogen-bond donors (Lipinski definition) is 0. The third kappa shape index (κ3) is 4.29. The summed E-state index contributed by atoms with van der Waals surface area (Å²) in [6.07, 6.45) is 1.16. The maximum Gasteiger partial charge on any atom is 0.268 e. The molecule has 0 atom stereocenters. The van der Waals surface area contributed by atoms with Crippen LogP contribution < -0.4 is 15.2 Å². The van der Waals surface area contributed by atoms with Gasteiger partial charge in [0.25, 0.3) is 5.56 Å².